The zero-order chi connectivity index (χ0) is 12.8. The maximum Gasteiger partial charge on any atom is 0.182 e. The van der Waals surface area contributed by atoms with Crippen LogP contribution in [0.2, 0.25) is 0 Å². The second-order valence-corrected chi connectivity index (χ2v) is 5.56. The third-order valence-corrected chi connectivity index (χ3v) is 4.06. The van der Waals surface area contributed by atoms with Crippen LogP contribution in [-0.4, -0.2) is 30.0 Å². The Morgan fingerprint density at radius 3 is 3.22 bits per heavy atom. The summed E-state index contributed by atoms with van der Waals surface area (Å²) in [6.45, 7) is 1.47. The van der Waals surface area contributed by atoms with Gasteiger partial charge in [0, 0.05) is 24.8 Å². The van der Waals surface area contributed by atoms with Crippen LogP contribution < -0.4 is 5.73 Å². The van der Waals surface area contributed by atoms with Gasteiger partial charge in [0.1, 0.15) is 5.69 Å². The minimum atomic E-state index is 0.146. The molecule has 5 heteroatoms. The Balaban J connectivity index is 1.72. The van der Waals surface area contributed by atoms with Crippen molar-refractivity contribution in [3.05, 3.63) is 16.1 Å². The van der Waals surface area contributed by atoms with Crippen molar-refractivity contribution < 1.29 is 9.53 Å². The van der Waals surface area contributed by atoms with Crippen LogP contribution in [0.3, 0.4) is 0 Å². The van der Waals surface area contributed by atoms with Gasteiger partial charge in [-0.05, 0) is 32.2 Å². The maximum atomic E-state index is 11.9. The Morgan fingerprint density at radius 2 is 2.50 bits per heavy atom. The first-order valence-corrected chi connectivity index (χ1v) is 7.47. The summed E-state index contributed by atoms with van der Waals surface area (Å²) in [6, 6.07) is 0. The largest absolute Gasteiger partial charge is 0.378 e. The van der Waals surface area contributed by atoms with E-state index in [1.807, 2.05) is 5.38 Å². The molecular weight excluding hydrogens is 248 g/mol. The van der Waals surface area contributed by atoms with Crippen LogP contribution in [0.25, 0.3) is 0 Å². The summed E-state index contributed by atoms with van der Waals surface area (Å²) in [5, 5.41) is 2.80. The number of Topliss-reactive ketones (excluding diaryl/α,β-unsaturated/α-hetero) is 1. The lowest BCUT2D eigenvalue weighted by Gasteiger charge is -2.07. The Bertz CT molecular complexity index is 386. The number of thiazole rings is 1. The molecule has 0 aromatic carbocycles. The van der Waals surface area contributed by atoms with E-state index in [1.165, 1.54) is 11.3 Å². The minimum Gasteiger partial charge on any atom is -0.378 e. The van der Waals surface area contributed by atoms with E-state index in [0.717, 1.165) is 43.7 Å². The molecule has 4 nitrogen and oxygen atoms in total. The molecule has 1 unspecified atom stereocenters. The summed E-state index contributed by atoms with van der Waals surface area (Å²) in [7, 11) is 0. The van der Waals surface area contributed by atoms with Crippen molar-refractivity contribution in [3.63, 3.8) is 0 Å². The van der Waals surface area contributed by atoms with E-state index >= 15 is 0 Å². The van der Waals surface area contributed by atoms with Gasteiger partial charge in [0.25, 0.3) is 0 Å². The van der Waals surface area contributed by atoms with E-state index in [-0.39, 0.29) is 5.78 Å². The molecule has 1 aromatic rings. The van der Waals surface area contributed by atoms with Gasteiger partial charge in [-0.3, -0.25) is 4.79 Å². The van der Waals surface area contributed by atoms with Crippen LogP contribution in [-0.2, 0) is 11.2 Å². The molecule has 0 amide bonds. The van der Waals surface area contributed by atoms with Crippen molar-refractivity contribution in [1.82, 2.24) is 4.98 Å². The van der Waals surface area contributed by atoms with E-state index < -0.39 is 0 Å². The van der Waals surface area contributed by atoms with E-state index in [9.17, 15) is 4.79 Å². The summed E-state index contributed by atoms with van der Waals surface area (Å²) in [4.78, 5) is 16.2. The molecule has 0 radical (unpaired) electrons. The maximum absolute atomic E-state index is 11.9. The van der Waals surface area contributed by atoms with Gasteiger partial charge in [0.2, 0.25) is 0 Å². The molecule has 1 aromatic heterocycles. The smallest absolute Gasteiger partial charge is 0.182 e. The summed E-state index contributed by atoms with van der Waals surface area (Å²) >= 11 is 1.52. The number of hydrogen-bond donors (Lipinski definition) is 1. The lowest BCUT2D eigenvalue weighted by molar-refractivity contribution is 0.0919. The van der Waals surface area contributed by atoms with Gasteiger partial charge in [-0.25, -0.2) is 4.98 Å². The molecule has 2 N–H and O–H groups in total. The molecule has 0 spiro atoms. The molecule has 2 heterocycles. The highest BCUT2D eigenvalue weighted by Crippen LogP contribution is 2.19. The van der Waals surface area contributed by atoms with Crippen molar-refractivity contribution in [3.8, 4) is 0 Å². The first kappa shape index (κ1) is 13.6. The quantitative estimate of drug-likeness (QED) is 0.770. The highest BCUT2D eigenvalue weighted by atomic mass is 32.1. The Labute approximate surface area is 112 Å². The zero-order valence-corrected chi connectivity index (χ0v) is 11.4. The van der Waals surface area contributed by atoms with Crippen LogP contribution in [0.4, 0.5) is 0 Å². The van der Waals surface area contributed by atoms with Crippen molar-refractivity contribution in [2.24, 2.45) is 5.73 Å². The van der Waals surface area contributed by atoms with Crippen molar-refractivity contribution in [2.45, 2.75) is 44.6 Å². The molecule has 0 aliphatic carbocycles. The normalized spacial score (nSPS) is 19.3. The Hall–Kier alpha value is -0.780. The number of ether oxygens (including phenoxy) is 1. The first-order valence-electron chi connectivity index (χ1n) is 6.59. The highest BCUT2D eigenvalue weighted by molar-refractivity contribution is 7.09. The van der Waals surface area contributed by atoms with Crippen LogP contribution in [0.5, 0.6) is 0 Å². The van der Waals surface area contributed by atoms with E-state index in [0.29, 0.717) is 24.8 Å². The summed E-state index contributed by atoms with van der Waals surface area (Å²) in [5.41, 5.74) is 6.07. The Kier molecular flexibility index (Phi) is 5.28. The number of carbonyl (C=O) groups is 1. The second-order valence-electron chi connectivity index (χ2n) is 4.62. The molecule has 1 fully saturated rings. The van der Waals surface area contributed by atoms with Gasteiger partial charge in [-0.1, -0.05) is 0 Å². The molecule has 1 saturated heterocycles. The fraction of sp³-hybridized carbons (Fsp3) is 0.692. The lowest BCUT2D eigenvalue weighted by atomic mass is 10.1. The van der Waals surface area contributed by atoms with Gasteiger partial charge < -0.3 is 10.5 Å². The highest BCUT2D eigenvalue weighted by Gasteiger charge is 2.16. The number of ketones is 1. The van der Waals surface area contributed by atoms with Gasteiger partial charge >= 0.3 is 0 Å². The van der Waals surface area contributed by atoms with Crippen LogP contribution >= 0.6 is 11.3 Å². The van der Waals surface area contributed by atoms with Gasteiger partial charge in [-0.2, -0.15) is 0 Å². The molecule has 100 valence electrons. The third kappa shape index (κ3) is 3.86. The van der Waals surface area contributed by atoms with Crippen LogP contribution in [0.15, 0.2) is 5.38 Å². The number of nitrogens with two attached hydrogens (primary N) is 1. The standard InChI is InChI=1S/C13H20N2O2S/c14-7-6-13-15-11(9-18-13)12(16)5-1-3-10-4-2-8-17-10/h9-10H,1-8,14H2. The number of carbonyl (C=O) groups excluding carboxylic acids is 1. The fourth-order valence-electron chi connectivity index (χ4n) is 2.17. The third-order valence-electron chi connectivity index (χ3n) is 3.15. The number of hydrogen-bond acceptors (Lipinski definition) is 5. The Morgan fingerprint density at radius 1 is 1.61 bits per heavy atom. The average Bonchev–Trinajstić information content (AvgIpc) is 3.00. The van der Waals surface area contributed by atoms with E-state index in [4.69, 9.17) is 10.5 Å². The number of nitrogens with zero attached hydrogens (tertiary/aromatic N) is 1. The van der Waals surface area contributed by atoms with Gasteiger partial charge in [0.05, 0.1) is 11.1 Å². The SMILES string of the molecule is NCCc1nc(C(=O)CCCC2CCCO2)cs1. The van der Waals surface area contributed by atoms with Crippen molar-refractivity contribution in [2.75, 3.05) is 13.2 Å². The van der Waals surface area contributed by atoms with Crippen LogP contribution in [0.1, 0.15) is 47.6 Å². The first-order chi connectivity index (χ1) is 8.79. The fourth-order valence-corrected chi connectivity index (χ4v) is 2.99. The molecule has 1 atom stereocenters. The predicted octanol–water partition coefficient (Wildman–Crippen LogP) is 2.18. The summed E-state index contributed by atoms with van der Waals surface area (Å²) in [5.74, 6) is 0.146. The summed E-state index contributed by atoms with van der Waals surface area (Å²) in [6.07, 6.45) is 5.90. The number of rotatable bonds is 7. The molecule has 0 bridgehead atoms. The molecule has 0 saturated carbocycles. The molecular formula is C13H20N2O2S. The van der Waals surface area contributed by atoms with Crippen LogP contribution in [0, 0.1) is 0 Å². The molecule has 2 rings (SSSR count). The van der Waals surface area contributed by atoms with E-state index in [2.05, 4.69) is 4.98 Å². The van der Waals surface area contributed by atoms with Gasteiger partial charge in [-0.15, -0.1) is 11.3 Å². The monoisotopic (exact) mass is 268 g/mol. The van der Waals surface area contributed by atoms with Crippen molar-refractivity contribution in [1.29, 1.82) is 0 Å². The molecule has 18 heavy (non-hydrogen) atoms. The van der Waals surface area contributed by atoms with Crippen molar-refractivity contribution >= 4 is 17.1 Å². The summed E-state index contributed by atoms with van der Waals surface area (Å²) < 4.78 is 5.54. The van der Waals surface area contributed by atoms with E-state index in [1.54, 1.807) is 0 Å². The van der Waals surface area contributed by atoms with Gasteiger partial charge in [0.15, 0.2) is 5.78 Å². The average molecular weight is 268 g/mol. The molecule has 1 aliphatic heterocycles. The zero-order valence-electron chi connectivity index (χ0n) is 10.6. The second kappa shape index (κ2) is 6.97. The minimum absolute atomic E-state index is 0.146. The molecule has 1 aliphatic rings. The topological polar surface area (TPSA) is 65.2 Å². The predicted molar refractivity (Wildman–Crippen MR) is 72.0 cm³/mol. The lowest BCUT2D eigenvalue weighted by Crippen LogP contribution is -2.07. The number of aromatic nitrogens is 1.